The van der Waals surface area contributed by atoms with Gasteiger partial charge in [-0.3, -0.25) is 9.36 Å². The second-order valence-electron chi connectivity index (χ2n) is 7.22. The van der Waals surface area contributed by atoms with Gasteiger partial charge in [0.05, 0.1) is 17.0 Å². The van der Waals surface area contributed by atoms with Gasteiger partial charge in [-0.2, -0.15) is 13.2 Å². The van der Waals surface area contributed by atoms with Crippen molar-refractivity contribution in [1.29, 1.82) is 0 Å². The van der Waals surface area contributed by atoms with Crippen LogP contribution >= 0.6 is 11.8 Å². The number of carbonyl (C=O) groups excluding carboxylic acids is 1. The Morgan fingerprint density at radius 3 is 2.30 bits per heavy atom. The third-order valence-electron chi connectivity index (χ3n) is 4.80. The molecule has 0 spiro atoms. The van der Waals surface area contributed by atoms with Crippen LogP contribution < -0.4 is 5.32 Å². The summed E-state index contributed by atoms with van der Waals surface area (Å²) in [6, 6.07) is 22.1. The van der Waals surface area contributed by atoms with Crippen molar-refractivity contribution in [3.8, 4) is 17.1 Å². The van der Waals surface area contributed by atoms with Gasteiger partial charge in [0.15, 0.2) is 11.0 Å². The molecule has 1 aromatic heterocycles. The lowest BCUT2D eigenvalue weighted by Gasteiger charge is -2.13. The van der Waals surface area contributed by atoms with Crippen LogP contribution in [0.15, 0.2) is 84.0 Å². The van der Waals surface area contributed by atoms with Crippen molar-refractivity contribution >= 4 is 23.4 Å². The first-order valence-corrected chi connectivity index (χ1v) is 11.0. The first kappa shape index (κ1) is 22.6. The maximum absolute atomic E-state index is 13.2. The van der Waals surface area contributed by atoms with Crippen LogP contribution in [0.4, 0.5) is 18.9 Å². The van der Waals surface area contributed by atoms with Gasteiger partial charge in [-0.05, 0) is 31.2 Å². The molecule has 0 fully saturated rings. The van der Waals surface area contributed by atoms with E-state index in [0.717, 1.165) is 34.6 Å². The molecule has 33 heavy (non-hydrogen) atoms. The Kier molecular flexibility index (Phi) is 6.50. The lowest BCUT2D eigenvalue weighted by molar-refractivity contribution is -0.137. The molecule has 0 radical (unpaired) electrons. The molecule has 0 saturated carbocycles. The van der Waals surface area contributed by atoms with Crippen molar-refractivity contribution in [1.82, 2.24) is 14.8 Å². The zero-order valence-corrected chi connectivity index (χ0v) is 18.3. The van der Waals surface area contributed by atoms with E-state index >= 15 is 0 Å². The maximum atomic E-state index is 13.2. The molecule has 3 aromatic carbocycles. The Morgan fingerprint density at radius 1 is 0.939 bits per heavy atom. The van der Waals surface area contributed by atoms with Gasteiger partial charge in [0.2, 0.25) is 5.91 Å². The Hall–Kier alpha value is -3.59. The van der Waals surface area contributed by atoms with Gasteiger partial charge in [0.1, 0.15) is 0 Å². The third-order valence-corrected chi connectivity index (χ3v) is 5.73. The first-order chi connectivity index (χ1) is 15.8. The first-order valence-electron chi connectivity index (χ1n) is 9.99. The number of hydrogen-bond donors (Lipinski definition) is 1. The lowest BCUT2D eigenvalue weighted by Crippen LogP contribution is -2.18. The van der Waals surface area contributed by atoms with E-state index in [1.165, 1.54) is 18.2 Å². The third kappa shape index (κ3) is 5.25. The van der Waals surface area contributed by atoms with E-state index in [2.05, 4.69) is 15.5 Å². The number of alkyl halides is 3. The normalized spacial score (nSPS) is 11.4. The van der Waals surface area contributed by atoms with E-state index in [4.69, 9.17) is 0 Å². The number of carbonyl (C=O) groups is 1. The molecule has 0 aliphatic heterocycles. The van der Waals surface area contributed by atoms with Crippen LogP contribution in [-0.2, 0) is 11.0 Å². The Morgan fingerprint density at radius 2 is 1.61 bits per heavy atom. The zero-order chi connectivity index (χ0) is 23.4. The number of amides is 1. The van der Waals surface area contributed by atoms with E-state index in [0.29, 0.717) is 11.0 Å². The van der Waals surface area contributed by atoms with Crippen LogP contribution in [0.1, 0.15) is 11.1 Å². The van der Waals surface area contributed by atoms with Crippen LogP contribution in [0.5, 0.6) is 0 Å². The van der Waals surface area contributed by atoms with Crippen LogP contribution in [0.2, 0.25) is 0 Å². The highest BCUT2D eigenvalue weighted by Crippen LogP contribution is 2.35. The molecule has 0 unspecified atom stereocenters. The summed E-state index contributed by atoms with van der Waals surface area (Å²) >= 11 is 1.10. The summed E-state index contributed by atoms with van der Waals surface area (Å²) in [5.74, 6) is -0.104. The van der Waals surface area contributed by atoms with E-state index < -0.39 is 17.6 Å². The zero-order valence-electron chi connectivity index (χ0n) is 17.5. The van der Waals surface area contributed by atoms with Crippen molar-refractivity contribution in [2.45, 2.75) is 18.3 Å². The van der Waals surface area contributed by atoms with Gasteiger partial charge in [-0.1, -0.05) is 71.9 Å². The average Bonchev–Trinajstić information content (AvgIpc) is 3.22. The summed E-state index contributed by atoms with van der Waals surface area (Å²) in [7, 11) is 0. The summed E-state index contributed by atoms with van der Waals surface area (Å²) in [5, 5.41) is 11.4. The van der Waals surface area contributed by atoms with Crippen molar-refractivity contribution in [3.63, 3.8) is 0 Å². The van der Waals surface area contributed by atoms with Crippen LogP contribution in [0.3, 0.4) is 0 Å². The molecular weight excluding hydrogens is 449 g/mol. The summed E-state index contributed by atoms with van der Waals surface area (Å²) in [6.07, 6.45) is -4.56. The molecule has 0 aliphatic rings. The molecule has 0 aliphatic carbocycles. The molecule has 9 heteroatoms. The lowest BCUT2D eigenvalue weighted by atomic mass is 10.1. The van der Waals surface area contributed by atoms with Gasteiger partial charge in [-0.15, -0.1) is 10.2 Å². The fourth-order valence-electron chi connectivity index (χ4n) is 3.22. The molecule has 4 aromatic rings. The minimum atomic E-state index is -4.56. The number of rotatable bonds is 6. The number of aryl methyl sites for hydroxylation is 1. The molecule has 0 saturated heterocycles. The molecule has 5 nitrogen and oxygen atoms in total. The molecular formula is C24H19F3N4OS. The highest BCUT2D eigenvalue weighted by molar-refractivity contribution is 7.99. The van der Waals surface area contributed by atoms with Gasteiger partial charge < -0.3 is 5.32 Å². The number of nitrogens with zero attached hydrogens (tertiary/aromatic N) is 3. The van der Waals surface area contributed by atoms with Crippen molar-refractivity contribution in [2.24, 2.45) is 0 Å². The SMILES string of the molecule is Cc1ccc(-c2nnc(SCC(=O)Nc3ccccc3C(F)(F)F)n2-c2ccccc2)cc1. The number of anilines is 1. The number of halogens is 3. The summed E-state index contributed by atoms with van der Waals surface area (Å²) in [6.45, 7) is 1.99. The molecule has 168 valence electrons. The summed E-state index contributed by atoms with van der Waals surface area (Å²) in [4.78, 5) is 12.5. The number of benzene rings is 3. The summed E-state index contributed by atoms with van der Waals surface area (Å²) in [5.41, 5.74) is 1.60. The maximum Gasteiger partial charge on any atom is 0.418 e. The molecule has 1 amide bonds. The van der Waals surface area contributed by atoms with Gasteiger partial charge in [-0.25, -0.2) is 0 Å². The number of para-hydroxylation sites is 2. The van der Waals surface area contributed by atoms with E-state index in [1.807, 2.05) is 66.1 Å². The second-order valence-corrected chi connectivity index (χ2v) is 8.17. The monoisotopic (exact) mass is 468 g/mol. The van der Waals surface area contributed by atoms with Crippen molar-refractivity contribution < 1.29 is 18.0 Å². The van der Waals surface area contributed by atoms with Gasteiger partial charge >= 0.3 is 6.18 Å². The Labute approximate surface area is 192 Å². The number of hydrogen-bond acceptors (Lipinski definition) is 4. The van der Waals surface area contributed by atoms with Crippen molar-refractivity contribution in [3.05, 3.63) is 90.0 Å². The van der Waals surface area contributed by atoms with Crippen molar-refractivity contribution in [2.75, 3.05) is 11.1 Å². The van der Waals surface area contributed by atoms with E-state index in [-0.39, 0.29) is 11.4 Å². The topological polar surface area (TPSA) is 59.8 Å². The highest BCUT2D eigenvalue weighted by Gasteiger charge is 2.33. The highest BCUT2D eigenvalue weighted by atomic mass is 32.2. The van der Waals surface area contributed by atoms with Crippen LogP contribution in [0.25, 0.3) is 17.1 Å². The van der Waals surface area contributed by atoms with E-state index in [9.17, 15) is 18.0 Å². The molecule has 0 atom stereocenters. The molecule has 0 bridgehead atoms. The average molecular weight is 469 g/mol. The van der Waals surface area contributed by atoms with E-state index in [1.54, 1.807) is 0 Å². The minimum Gasteiger partial charge on any atom is -0.325 e. The Bertz CT molecular complexity index is 1250. The predicted molar refractivity (Wildman–Crippen MR) is 122 cm³/mol. The minimum absolute atomic E-state index is 0.134. The number of aromatic nitrogens is 3. The fraction of sp³-hybridized carbons (Fsp3) is 0.125. The standard InChI is InChI=1S/C24H19F3N4OS/c1-16-11-13-17(14-12-16)22-29-30-23(31(22)18-7-3-2-4-8-18)33-15-21(32)28-20-10-6-5-9-19(20)24(25,26)27/h2-14H,15H2,1H3,(H,28,32). The fourth-order valence-corrected chi connectivity index (χ4v) is 3.97. The van der Waals surface area contributed by atoms with Gasteiger partial charge in [0, 0.05) is 11.3 Å². The number of thioether (sulfide) groups is 1. The quantitative estimate of drug-likeness (QED) is 0.353. The summed E-state index contributed by atoms with van der Waals surface area (Å²) < 4.78 is 41.4. The number of nitrogens with one attached hydrogen (secondary N) is 1. The molecule has 4 rings (SSSR count). The predicted octanol–water partition coefficient (Wildman–Crippen LogP) is 5.99. The van der Waals surface area contributed by atoms with Crippen LogP contribution in [-0.4, -0.2) is 26.4 Å². The smallest absolute Gasteiger partial charge is 0.325 e. The van der Waals surface area contributed by atoms with Crippen LogP contribution in [0, 0.1) is 6.92 Å². The molecule has 1 N–H and O–H groups in total. The van der Waals surface area contributed by atoms with Gasteiger partial charge in [0.25, 0.3) is 0 Å². The Balaban J connectivity index is 1.58. The molecule has 1 heterocycles. The largest absolute Gasteiger partial charge is 0.418 e. The second kappa shape index (κ2) is 9.50.